The number of carbonyl (C=O) groups is 4. The summed E-state index contributed by atoms with van der Waals surface area (Å²) < 4.78 is 0. The summed E-state index contributed by atoms with van der Waals surface area (Å²) in [5, 5.41) is 0. The molecule has 12 nitrogen and oxygen atoms in total. The average molecular weight is 505 g/mol. The Morgan fingerprint density at radius 3 is 0.611 bits per heavy atom. The normalized spacial score (nSPS) is 33.6. The van der Waals surface area contributed by atoms with Gasteiger partial charge in [0, 0.05) is 105 Å². The highest BCUT2D eigenvalue weighted by molar-refractivity contribution is 5.81. The highest BCUT2D eigenvalue weighted by Crippen LogP contribution is 2.11. The Morgan fingerprint density at radius 2 is 0.444 bits per heavy atom. The fourth-order valence-electron chi connectivity index (χ4n) is 5.79. The summed E-state index contributed by atoms with van der Waals surface area (Å²) in [6.45, 7) is 12.4. The standard InChI is InChI=1S/C24H40N8O4/c33-21-17-25-1-2-26(4-3-25)18-22(34)30-13-15-32(16-14-30)24(36)20-28-7-5-27(6-8-28)19-23(35)31-11-9-29(21)10-12-31/h1-20H2. The van der Waals surface area contributed by atoms with Crippen LogP contribution in [0.25, 0.3) is 0 Å². The molecule has 0 aromatic heterocycles. The minimum atomic E-state index is 0.129. The van der Waals surface area contributed by atoms with E-state index in [-0.39, 0.29) is 23.6 Å². The van der Waals surface area contributed by atoms with Gasteiger partial charge in [-0.1, -0.05) is 0 Å². The number of piperazine rings is 4. The third kappa shape index (κ3) is 6.16. The maximum atomic E-state index is 12.9. The fraction of sp³-hybridized carbons (Fsp3) is 0.833. The Kier molecular flexibility index (Phi) is 8.04. The van der Waals surface area contributed by atoms with E-state index >= 15 is 0 Å². The number of carbonyl (C=O) groups excluding carboxylic acids is 4. The van der Waals surface area contributed by atoms with E-state index in [0.717, 1.165) is 52.4 Å². The Bertz CT molecular complexity index is 688. The first-order valence-corrected chi connectivity index (χ1v) is 13.4. The number of amides is 4. The van der Waals surface area contributed by atoms with Crippen LogP contribution >= 0.6 is 0 Å². The van der Waals surface area contributed by atoms with Gasteiger partial charge in [0.25, 0.3) is 0 Å². The largest absolute Gasteiger partial charge is 0.338 e. The molecule has 0 unspecified atom stereocenters. The molecule has 0 atom stereocenters. The number of rotatable bonds is 0. The molecule has 12 heteroatoms. The van der Waals surface area contributed by atoms with Crippen LogP contribution in [0.5, 0.6) is 0 Å². The molecule has 36 heavy (non-hydrogen) atoms. The van der Waals surface area contributed by atoms with Crippen LogP contribution in [0.3, 0.4) is 0 Å². The molecule has 0 aromatic carbocycles. The van der Waals surface area contributed by atoms with Crippen LogP contribution in [0.15, 0.2) is 0 Å². The van der Waals surface area contributed by atoms with E-state index < -0.39 is 0 Å². The molecular weight excluding hydrogens is 464 g/mol. The zero-order chi connectivity index (χ0) is 25.1. The van der Waals surface area contributed by atoms with Crippen LogP contribution < -0.4 is 0 Å². The third-order valence-corrected chi connectivity index (χ3v) is 8.34. The van der Waals surface area contributed by atoms with Gasteiger partial charge in [0.2, 0.25) is 23.6 Å². The molecule has 11 aliphatic rings. The summed E-state index contributed by atoms with van der Waals surface area (Å²) in [6.07, 6.45) is 0. The van der Waals surface area contributed by atoms with Gasteiger partial charge in [0.05, 0.1) is 26.2 Å². The Labute approximate surface area is 213 Å². The van der Waals surface area contributed by atoms with Gasteiger partial charge in [0.1, 0.15) is 0 Å². The quantitative estimate of drug-likeness (QED) is 0.337. The first-order chi connectivity index (χ1) is 17.4. The van der Waals surface area contributed by atoms with Gasteiger partial charge in [-0.15, -0.1) is 0 Å². The van der Waals surface area contributed by atoms with Crippen molar-refractivity contribution in [2.24, 2.45) is 0 Å². The van der Waals surface area contributed by atoms with Gasteiger partial charge < -0.3 is 19.6 Å². The average Bonchev–Trinajstić information content (AvgIpc) is 2.90. The highest BCUT2D eigenvalue weighted by Gasteiger charge is 2.31. The topological polar surface area (TPSA) is 94.2 Å². The van der Waals surface area contributed by atoms with E-state index in [1.165, 1.54) is 0 Å². The molecule has 0 radical (unpaired) electrons. The maximum absolute atomic E-state index is 12.9. The Morgan fingerprint density at radius 1 is 0.278 bits per heavy atom. The minimum absolute atomic E-state index is 0.129. The second kappa shape index (κ2) is 11.4. The zero-order valence-corrected chi connectivity index (χ0v) is 21.4. The number of hydrogen-bond donors (Lipinski definition) is 0. The number of hydrogen-bond acceptors (Lipinski definition) is 8. The molecular formula is C24H40N8O4. The molecule has 200 valence electrons. The highest BCUT2D eigenvalue weighted by atomic mass is 16.2. The molecule has 0 N–H and O–H groups in total. The molecule has 11 fully saturated rings. The van der Waals surface area contributed by atoms with Crippen LogP contribution in [-0.2, 0) is 19.2 Å². The lowest BCUT2D eigenvalue weighted by Gasteiger charge is -2.40. The molecule has 11 heterocycles. The first kappa shape index (κ1) is 25.4. The molecule has 11 saturated heterocycles. The van der Waals surface area contributed by atoms with Gasteiger partial charge in [-0.25, -0.2) is 0 Å². The van der Waals surface area contributed by atoms with Crippen LogP contribution in [0, 0.1) is 0 Å². The summed E-state index contributed by atoms with van der Waals surface area (Å²) in [5.41, 5.74) is 0. The van der Waals surface area contributed by atoms with E-state index in [4.69, 9.17) is 0 Å². The fourth-order valence-corrected chi connectivity index (χ4v) is 5.79. The molecule has 0 aliphatic carbocycles. The van der Waals surface area contributed by atoms with Crippen molar-refractivity contribution in [3.63, 3.8) is 0 Å². The van der Waals surface area contributed by atoms with Gasteiger partial charge in [-0.2, -0.15) is 0 Å². The monoisotopic (exact) mass is 504 g/mol. The van der Waals surface area contributed by atoms with E-state index in [2.05, 4.69) is 19.6 Å². The van der Waals surface area contributed by atoms with Crippen molar-refractivity contribution in [3.8, 4) is 0 Å². The second-order valence-electron chi connectivity index (χ2n) is 10.6. The summed E-state index contributed by atoms with van der Waals surface area (Å²) in [5.74, 6) is 0.517. The molecule has 11 aliphatic heterocycles. The molecule has 0 saturated carbocycles. The minimum Gasteiger partial charge on any atom is -0.338 e. The SMILES string of the molecule is O=C1CN2CCN(CC2)CC(=O)N2CCN(CC2)C(=O)CN2CCN(CC2)CC(=O)N2CCN1CC2. The van der Waals surface area contributed by atoms with E-state index in [1.807, 2.05) is 19.6 Å². The second-order valence-corrected chi connectivity index (χ2v) is 10.6. The van der Waals surface area contributed by atoms with Gasteiger partial charge >= 0.3 is 0 Å². The smallest absolute Gasteiger partial charge is 0.236 e. The van der Waals surface area contributed by atoms with E-state index in [1.54, 1.807) is 0 Å². The third-order valence-electron chi connectivity index (χ3n) is 8.34. The van der Waals surface area contributed by atoms with Crippen molar-refractivity contribution in [3.05, 3.63) is 0 Å². The lowest BCUT2D eigenvalue weighted by Crippen LogP contribution is -2.58. The molecule has 4 amide bonds. The van der Waals surface area contributed by atoms with Crippen LogP contribution in [0.2, 0.25) is 0 Å². The summed E-state index contributed by atoms with van der Waals surface area (Å²) >= 11 is 0. The Balaban J connectivity index is 1.21. The van der Waals surface area contributed by atoms with Gasteiger partial charge in [0.15, 0.2) is 0 Å². The summed E-state index contributed by atoms with van der Waals surface area (Å²) in [4.78, 5) is 67.7. The van der Waals surface area contributed by atoms with Crippen molar-refractivity contribution in [2.45, 2.75) is 0 Å². The van der Waals surface area contributed by atoms with Crippen molar-refractivity contribution >= 4 is 23.6 Å². The van der Waals surface area contributed by atoms with Crippen LogP contribution in [0.1, 0.15) is 0 Å². The summed E-state index contributed by atoms with van der Waals surface area (Å²) in [6, 6.07) is 0. The number of nitrogens with zero attached hydrogens (tertiary/aromatic N) is 8. The van der Waals surface area contributed by atoms with Gasteiger partial charge in [-0.3, -0.25) is 38.8 Å². The van der Waals surface area contributed by atoms with E-state index in [9.17, 15) is 19.2 Å². The molecule has 8 bridgehead atoms. The lowest BCUT2D eigenvalue weighted by atomic mass is 10.2. The first-order valence-electron chi connectivity index (χ1n) is 13.4. The van der Waals surface area contributed by atoms with Gasteiger partial charge in [-0.05, 0) is 0 Å². The zero-order valence-electron chi connectivity index (χ0n) is 21.4. The Hall–Kier alpha value is -2.28. The molecule has 0 spiro atoms. The van der Waals surface area contributed by atoms with Crippen LogP contribution in [0.4, 0.5) is 0 Å². The molecule has 11 rings (SSSR count). The maximum Gasteiger partial charge on any atom is 0.236 e. The van der Waals surface area contributed by atoms with Crippen molar-refractivity contribution in [2.75, 3.05) is 131 Å². The van der Waals surface area contributed by atoms with E-state index in [0.29, 0.717) is 78.5 Å². The lowest BCUT2D eigenvalue weighted by molar-refractivity contribution is -0.142. The van der Waals surface area contributed by atoms with Crippen molar-refractivity contribution < 1.29 is 19.2 Å². The van der Waals surface area contributed by atoms with Crippen molar-refractivity contribution in [1.82, 2.24) is 39.2 Å². The van der Waals surface area contributed by atoms with Crippen LogP contribution in [-0.4, -0.2) is 194 Å². The predicted molar refractivity (Wildman–Crippen MR) is 132 cm³/mol. The molecule has 0 aromatic rings. The van der Waals surface area contributed by atoms with Crippen molar-refractivity contribution in [1.29, 1.82) is 0 Å². The predicted octanol–water partition coefficient (Wildman–Crippen LogP) is -3.42. The summed E-state index contributed by atoms with van der Waals surface area (Å²) in [7, 11) is 0.